The standard InChI is InChI=1S/C25H24N4O3S/c1-16(30)18-4-3-5-19(14-18)28-25-26-13-12-21(29-25)22-10-11-23(33-22)24(31)27-15-17-6-8-20(32-2)9-7-17/h3-14,16,30H,15H2,1-2H3,(H,27,31)(H,26,28,29). The van der Waals surface area contributed by atoms with E-state index < -0.39 is 6.10 Å². The van der Waals surface area contributed by atoms with Crippen molar-refractivity contribution in [1.29, 1.82) is 0 Å². The van der Waals surface area contributed by atoms with Crippen LogP contribution in [0.1, 0.15) is 33.8 Å². The molecule has 4 rings (SSSR count). The third-order valence-corrected chi connectivity index (χ3v) is 6.08. The fourth-order valence-electron chi connectivity index (χ4n) is 3.17. The number of aliphatic hydroxyl groups excluding tert-OH is 1. The van der Waals surface area contributed by atoms with Crippen molar-refractivity contribution in [2.45, 2.75) is 19.6 Å². The van der Waals surface area contributed by atoms with Crippen molar-refractivity contribution in [3.63, 3.8) is 0 Å². The summed E-state index contributed by atoms with van der Waals surface area (Å²) in [5.41, 5.74) is 3.31. The average molecular weight is 461 g/mol. The fourth-order valence-corrected chi connectivity index (χ4v) is 4.06. The summed E-state index contributed by atoms with van der Waals surface area (Å²) in [7, 11) is 1.62. The lowest BCUT2D eigenvalue weighted by atomic mass is 10.1. The maximum absolute atomic E-state index is 12.6. The monoisotopic (exact) mass is 460 g/mol. The molecule has 168 valence electrons. The SMILES string of the molecule is COc1ccc(CNC(=O)c2ccc(-c3ccnc(Nc4cccc(C(C)O)c4)n3)s2)cc1. The Morgan fingerprint density at radius 3 is 2.70 bits per heavy atom. The molecule has 0 aliphatic carbocycles. The molecule has 33 heavy (non-hydrogen) atoms. The van der Waals surface area contributed by atoms with Crippen LogP contribution in [0.3, 0.4) is 0 Å². The molecule has 0 saturated heterocycles. The lowest BCUT2D eigenvalue weighted by Crippen LogP contribution is -2.21. The fraction of sp³-hybridized carbons (Fsp3) is 0.160. The van der Waals surface area contributed by atoms with E-state index in [9.17, 15) is 9.90 Å². The molecule has 0 aliphatic heterocycles. The largest absolute Gasteiger partial charge is 0.497 e. The molecule has 0 aliphatic rings. The predicted octanol–water partition coefficient (Wildman–Crippen LogP) is 4.94. The van der Waals surface area contributed by atoms with Gasteiger partial charge in [-0.1, -0.05) is 24.3 Å². The number of aliphatic hydroxyl groups is 1. The van der Waals surface area contributed by atoms with E-state index in [1.807, 2.05) is 60.7 Å². The van der Waals surface area contributed by atoms with Crippen LogP contribution in [-0.2, 0) is 6.54 Å². The van der Waals surface area contributed by atoms with E-state index >= 15 is 0 Å². The Kier molecular flexibility index (Phi) is 6.97. The Morgan fingerprint density at radius 2 is 1.94 bits per heavy atom. The van der Waals surface area contributed by atoms with Gasteiger partial charge in [-0.15, -0.1) is 11.3 Å². The minimum Gasteiger partial charge on any atom is -0.497 e. The highest BCUT2D eigenvalue weighted by molar-refractivity contribution is 7.17. The number of carbonyl (C=O) groups is 1. The maximum atomic E-state index is 12.6. The summed E-state index contributed by atoms with van der Waals surface area (Å²) in [5.74, 6) is 1.08. The van der Waals surface area contributed by atoms with Gasteiger partial charge in [0.1, 0.15) is 5.75 Å². The number of methoxy groups -OCH3 is 1. The molecule has 1 atom stereocenters. The van der Waals surface area contributed by atoms with Gasteiger partial charge in [0.2, 0.25) is 5.95 Å². The zero-order valence-corrected chi connectivity index (χ0v) is 19.1. The number of amides is 1. The van der Waals surface area contributed by atoms with Gasteiger partial charge in [0.25, 0.3) is 5.91 Å². The van der Waals surface area contributed by atoms with E-state index in [1.54, 1.807) is 26.3 Å². The van der Waals surface area contributed by atoms with Gasteiger partial charge in [-0.3, -0.25) is 4.79 Å². The molecule has 2 heterocycles. The van der Waals surface area contributed by atoms with Gasteiger partial charge in [0, 0.05) is 18.4 Å². The Morgan fingerprint density at radius 1 is 1.12 bits per heavy atom. The molecular formula is C25H24N4O3S. The molecule has 0 bridgehead atoms. The van der Waals surface area contributed by atoms with Crippen LogP contribution < -0.4 is 15.4 Å². The highest BCUT2D eigenvalue weighted by Crippen LogP contribution is 2.28. The first-order chi connectivity index (χ1) is 16.0. The van der Waals surface area contributed by atoms with E-state index in [0.29, 0.717) is 17.4 Å². The van der Waals surface area contributed by atoms with Gasteiger partial charge in [-0.05, 0) is 60.5 Å². The van der Waals surface area contributed by atoms with Gasteiger partial charge in [-0.2, -0.15) is 0 Å². The summed E-state index contributed by atoms with van der Waals surface area (Å²) >= 11 is 1.37. The molecule has 2 aromatic carbocycles. The zero-order valence-electron chi connectivity index (χ0n) is 18.3. The highest BCUT2D eigenvalue weighted by Gasteiger charge is 2.12. The molecule has 8 heteroatoms. The van der Waals surface area contributed by atoms with Gasteiger partial charge in [0.15, 0.2) is 0 Å². The molecule has 7 nitrogen and oxygen atoms in total. The third-order valence-electron chi connectivity index (χ3n) is 4.98. The number of nitrogens with zero attached hydrogens (tertiary/aromatic N) is 2. The van der Waals surface area contributed by atoms with E-state index in [1.165, 1.54) is 11.3 Å². The number of carbonyl (C=O) groups excluding carboxylic acids is 1. The number of hydrogen-bond donors (Lipinski definition) is 3. The third kappa shape index (κ3) is 5.74. The second kappa shape index (κ2) is 10.2. The molecular weight excluding hydrogens is 436 g/mol. The predicted molar refractivity (Wildman–Crippen MR) is 130 cm³/mol. The molecule has 4 aromatic rings. The molecule has 1 amide bonds. The van der Waals surface area contributed by atoms with Gasteiger partial charge in [-0.25, -0.2) is 9.97 Å². The minimum absolute atomic E-state index is 0.135. The van der Waals surface area contributed by atoms with Crippen LogP contribution in [0.4, 0.5) is 11.6 Å². The number of anilines is 2. The molecule has 1 unspecified atom stereocenters. The maximum Gasteiger partial charge on any atom is 0.261 e. The Labute approximate surface area is 196 Å². The topological polar surface area (TPSA) is 96.4 Å². The number of rotatable bonds is 8. The van der Waals surface area contributed by atoms with Crippen LogP contribution >= 0.6 is 11.3 Å². The number of nitrogens with one attached hydrogen (secondary N) is 2. The van der Waals surface area contributed by atoms with Crippen molar-refractivity contribution in [3.8, 4) is 16.3 Å². The van der Waals surface area contributed by atoms with Gasteiger partial charge in [0.05, 0.1) is 28.7 Å². The number of hydrogen-bond acceptors (Lipinski definition) is 7. The van der Waals surface area contributed by atoms with Crippen LogP contribution in [0.2, 0.25) is 0 Å². The van der Waals surface area contributed by atoms with Crippen LogP contribution in [0, 0.1) is 0 Å². The summed E-state index contributed by atoms with van der Waals surface area (Å²) in [5, 5.41) is 15.9. The Hall–Kier alpha value is -3.75. The van der Waals surface area contributed by atoms with Gasteiger partial charge < -0.3 is 20.5 Å². The summed E-state index contributed by atoms with van der Waals surface area (Å²) in [6.07, 6.45) is 1.12. The van der Waals surface area contributed by atoms with E-state index in [0.717, 1.165) is 33.1 Å². The van der Waals surface area contributed by atoms with Crippen molar-refractivity contribution in [2.24, 2.45) is 0 Å². The van der Waals surface area contributed by atoms with Crippen molar-refractivity contribution < 1.29 is 14.6 Å². The normalized spacial score (nSPS) is 11.6. The first-order valence-electron chi connectivity index (χ1n) is 10.4. The van der Waals surface area contributed by atoms with Crippen LogP contribution in [0.15, 0.2) is 72.9 Å². The van der Waals surface area contributed by atoms with Crippen molar-refractivity contribution in [3.05, 3.63) is 88.9 Å². The smallest absolute Gasteiger partial charge is 0.261 e. The summed E-state index contributed by atoms with van der Waals surface area (Å²) < 4.78 is 5.15. The average Bonchev–Trinajstić information content (AvgIpc) is 3.34. The van der Waals surface area contributed by atoms with Crippen molar-refractivity contribution in [2.75, 3.05) is 12.4 Å². The lowest BCUT2D eigenvalue weighted by molar-refractivity contribution is 0.0955. The number of aromatic nitrogens is 2. The molecule has 0 radical (unpaired) electrons. The van der Waals surface area contributed by atoms with Crippen molar-refractivity contribution in [1.82, 2.24) is 15.3 Å². The first kappa shape index (κ1) is 22.4. The van der Waals surface area contributed by atoms with E-state index in [4.69, 9.17) is 4.74 Å². The molecule has 3 N–H and O–H groups in total. The zero-order chi connectivity index (χ0) is 23.2. The van der Waals surface area contributed by atoms with E-state index in [-0.39, 0.29) is 5.91 Å². The summed E-state index contributed by atoms with van der Waals surface area (Å²) in [6, 6.07) is 20.5. The van der Waals surface area contributed by atoms with Crippen molar-refractivity contribution >= 4 is 28.9 Å². The number of ether oxygens (including phenoxy) is 1. The lowest BCUT2D eigenvalue weighted by Gasteiger charge is -2.09. The minimum atomic E-state index is -0.556. The van der Waals surface area contributed by atoms with Gasteiger partial charge >= 0.3 is 0 Å². The van der Waals surface area contributed by atoms with Crippen LogP contribution in [0.5, 0.6) is 5.75 Å². The summed E-state index contributed by atoms with van der Waals surface area (Å²) in [4.78, 5) is 22.9. The second-order valence-corrected chi connectivity index (χ2v) is 8.47. The van der Waals surface area contributed by atoms with Crippen LogP contribution in [-0.4, -0.2) is 28.1 Å². The second-order valence-electron chi connectivity index (χ2n) is 7.39. The Balaban J connectivity index is 1.42. The molecule has 0 saturated carbocycles. The quantitative estimate of drug-likeness (QED) is 0.345. The summed E-state index contributed by atoms with van der Waals surface area (Å²) in [6.45, 7) is 2.15. The molecule has 2 aromatic heterocycles. The number of benzene rings is 2. The Bertz CT molecular complexity index is 1240. The first-order valence-corrected chi connectivity index (χ1v) is 11.2. The van der Waals surface area contributed by atoms with Crippen LogP contribution in [0.25, 0.3) is 10.6 Å². The number of thiophene rings is 1. The molecule has 0 spiro atoms. The molecule has 0 fully saturated rings. The van der Waals surface area contributed by atoms with E-state index in [2.05, 4.69) is 20.6 Å². The highest BCUT2D eigenvalue weighted by atomic mass is 32.1.